The van der Waals surface area contributed by atoms with Crippen molar-refractivity contribution in [1.82, 2.24) is 0 Å². The lowest BCUT2D eigenvalue weighted by Gasteiger charge is -2.00. The molecule has 3 heteroatoms. The van der Waals surface area contributed by atoms with E-state index in [1.165, 1.54) is 0 Å². The second-order valence-corrected chi connectivity index (χ2v) is 4.05. The van der Waals surface area contributed by atoms with E-state index in [1.807, 2.05) is 19.1 Å². The Bertz CT molecular complexity index is 235. The summed E-state index contributed by atoms with van der Waals surface area (Å²) in [6, 6.07) is 3.78. The van der Waals surface area contributed by atoms with Crippen LogP contribution in [0.1, 0.15) is 5.56 Å². The third-order valence-corrected chi connectivity index (χ3v) is 2.65. The van der Waals surface area contributed by atoms with Gasteiger partial charge in [-0.05, 0) is 47.2 Å². The average molecular weight is 287 g/mol. The summed E-state index contributed by atoms with van der Waals surface area (Å²) < 4.78 is 1.07. The largest absolute Gasteiger partial charge is 0.0840 e. The topological polar surface area (TPSA) is 0 Å². The van der Waals surface area contributed by atoms with Crippen molar-refractivity contribution < 1.29 is 0 Å². The Hall–Kier alpha value is 0.530. The fourth-order valence-corrected chi connectivity index (χ4v) is 2.09. The number of halogens is 3. The maximum absolute atomic E-state index is 5.83. The lowest BCUT2D eigenvalue weighted by atomic mass is 10.2. The second-order valence-electron chi connectivity index (χ2n) is 1.99. The number of rotatable bonds is 0. The van der Waals surface area contributed by atoms with Crippen LogP contribution >= 0.6 is 45.8 Å². The predicted octanol–water partition coefficient (Wildman–Crippen LogP) is 3.91. The highest BCUT2D eigenvalue weighted by Crippen LogP contribution is 2.25. The lowest BCUT2D eigenvalue weighted by molar-refractivity contribution is 1.45. The van der Waals surface area contributed by atoms with Crippen molar-refractivity contribution in [3.05, 3.63) is 31.3 Å². The van der Waals surface area contributed by atoms with Crippen LogP contribution in [0.3, 0.4) is 0 Å². The first kappa shape index (κ1) is 8.62. The SMILES string of the molecule is Cc1c(Cl)cc(I)cc1Cl. The number of benzene rings is 1. The van der Waals surface area contributed by atoms with E-state index in [0.717, 1.165) is 19.2 Å². The summed E-state index contributed by atoms with van der Waals surface area (Å²) in [4.78, 5) is 0. The first-order chi connectivity index (χ1) is 4.61. The molecule has 0 aromatic heterocycles. The number of hydrogen-bond acceptors (Lipinski definition) is 0. The highest BCUT2D eigenvalue weighted by atomic mass is 127. The van der Waals surface area contributed by atoms with Crippen molar-refractivity contribution >= 4 is 45.8 Å². The summed E-state index contributed by atoms with van der Waals surface area (Å²) in [5, 5.41) is 1.47. The van der Waals surface area contributed by atoms with Gasteiger partial charge in [-0.1, -0.05) is 23.2 Å². The molecule has 0 bridgehead atoms. The molecule has 54 valence electrons. The highest BCUT2D eigenvalue weighted by molar-refractivity contribution is 14.1. The van der Waals surface area contributed by atoms with E-state index in [1.54, 1.807) is 0 Å². The zero-order valence-electron chi connectivity index (χ0n) is 5.29. The van der Waals surface area contributed by atoms with Gasteiger partial charge in [-0.3, -0.25) is 0 Å². The fourth-order valence-electron chi connectivity index (χ4n) is 0.614. The Labute approximate surface area is 83.7 Å². The minimum atomic E-state index is 0.733. The Kier molecular flexibility index (Phi) is 2.83. The van der Waals surface area contributed by atoms with E-state index in [9.17, 15) is 0 Å². The van der Waals surface area contributed by atoms with Crippen molar-refractivity contribution in [2.24, 2.45) is 0 Å². The van der Waals surface area contributed by atoms with Gasteiger partial charge in [0.25, 0.3) is 0 Å². The van der Waals surface area contributed by atoms with Gasteiger partial charge >= 0.3 is 0 Å². The van der Waals surface area contributed by atoms with Crippen LogP contribution < -0.4 is 0 Å². The van der Waals surface area contributed by atoms with Crippen LogP contribution in [0.15, 0.2) is 12.1 Å². The van der Waals surface area contributed by atoms with Crippen molar-refractivity contribution in [3.63, 3.8) is 0 Å². The summed E-state index contributed by atoms with van der Waals surface area (Å²) in [7, 11) is 0. The zero-order valence-corrected chi connectivity index (χ0v) is 8.96. The molecule has 0 aliphatic heterocycles. The molecule has 1 rings (SSSR count). The van der Waals surface area contributed by atoms with Gasteiger partial charge in [0.05, 0.1) is 0 Å². The van der Waals surface area contributed by atoms with Gasteiger partial charge < -0.3 is 0 Å². The fraction of sp³-hybridized carbons (Fsp3) is 0.143. The first-order valence-corrected chi connectivity index (χ1v) is 4.56. The van der Waals surface area contributed by atoms with Gasteiger partial charge in [-0.15, -0.1) is 0 Å². The van der Waals surface area contributed by atoms with Crippen LogP contribution in [-0.4, -0.2) is 0 Å². The van der Waals surface area contributed by atoms with Crippen LogP contribution in [-0.2, 0) is 0 Å². The molecule has 0 aliphatic rings. The molecule has 1 aromatic rings. The molecule has 0 N–H and O–H groups in total. The van der Waals surface area contributed by atoms with Gasteiger partial charge in [0, 0.05) is 13.6 Å². The van der Waals surface area contributed by atoms with Crippen LogP contribution in [0.4, 0.5) is 0 Å². The molecule has 0 unspecified atom stereocenters. The van der Waals surface area contributed by atoms with Crippen molar-refractivity contribution in [1.29, 1.82) is 0 Å². The molecular weight excluding hydrogens is 282 g/mol. The molecule has 0 saturated carbocycles. The maximum Gasteiger partial charge on any atom is 0.0460 e. The van der Waals surface area contributed by atoms with Crippen LogP contribution in [0, 0.1) is 10.5 Å². The van der Waals surface area contributed by atoms with Gasteiger partial charge in [0.1, 0.15) is 0 Å². The average Bonchev–Trinajstić information content (AvgIpc) is 1.82. The number of hydrogen-bond donors (Lipinski definition) is 0. The molecule has 1 aromatic carbocycles. The molecule has 10 heavy (non-hydrogen) atoms. The van der Waals surface area contributed by atoms with E-state index >= 15 is 0 Å². The Balaban J connectivity index is 3.31. The molecule has 0 saturated heterocycles. The minimum Gasteiger partial charge on any atom is -0.0840 e. The second kappa shape index (κ2) is 3.28. The Morgan fingerprint density at radius 1 is 1.20 bits per heavy atom. The Morgan fingerprint density at radius 2 is 1.60 bits per heavy atom. The van der Waals surface area contributed by atoms with E-state index in [4.69, 9.17) is 23.2 Å². The molecular formula is C7H5Cl2I. The van der Waals surface area contributed by atoms with Crippen molar-refractivity contribution in [2.45, 2.75) is 6.92 Å². The normalized spacial score (nSPS) is 10.0. The maximum atomic E-state index is 5.83. The van der Waals surface area contributed by atoms with Gasteiger partial charge in [0.15, 0.2) is 0 Å². The Morgan fingerprint density at radius 3 is 2.00 bits per heavy atom. The van der Waals surface area contributed by atoms with E-state index in [-0.39, 0.29) is 0 Å². The van der Waals surface area contributed by atoms with E-state index in [2.05, 4.69) is 22.6 Å². The third-order valence-electron chi connectivity index (χ3n) is 1.25. The van der Waals surface area contributed by atoms with Crippen LogP contribution in [0.5, 0.6) is 0 Å². The molecule has 0 spiro atoms. The quantitative estimate of drug-likeness (QED) is 0.635. The van der Waals surface area contributed by atoms with Crippen LogP contribution in [0.25, 0.3) is 0 Å². The summed E-state index contributed by atoms with van der Waals surface area (Å²) in [5.74, 6) is 0. The van der Waals surface area contributed by atoms with E-state index in [0.29, 0.717) is 0 Å². The summed E-state index contributed by atoms with van der Waals surface area (Å²) in [6.45, 7) is 1.90. The van der Waals surface area contributed by atoms with Gasteiger partial charge in [0.2, 0.25) is 0 Å². The predicted molar refractivity (Wildman–Crippen MR) is 53.9 cm³/mol. The monoisotopic (exact) mass is 286 g/mol. The standard InChI is InChI=1S/C7H5Cl2I/c1-4-6(8)2-5(10)3-7(4)9/h2-3H,1H3. The first-order valence-electron chi connectivity index (χ1n) is 2.72. The molecule has 0 nitrogen and oxygen atoms in total. The third kappa shape index (κ3) is 1.77. The zero-order chi connectivity index (χ0) is 7.72. The van der Waals surface area contributed by atoms with E-state index < -0.39 is 0 Å². The van der Waals surface area contributed by atoms with Crippen LogP contribution in [0.2, 0.25) is 10.0 Å². The van der Waals surface area contributed by atoms with Gasteiger partial charge in [-0.25, -0.2) is 0 Å². The highest BCUT2D eigenvalue weighted by Gasteiger charge is 2.00. The molecule has 0 amide bonds. The smallest absolute Gasteiger partial charge is 0.0460 e. The molecule has 0 heterocycles. The van der Waals surface area contributed by atoms with Crippen molar-refractivity contribution in [3.8, 4) is 0 Å². The van der Waals surface area contributed by atoms with Crippen molar-refractivity contribution in [2.75, 3.05) is 0 Å². The molecule has 0 fully saturated rings. The molecule has 0 aliphatic carbocycles. The van der Waals surface area contributed by atoms with Gasteiger partial charge in [-0.2, -0.15) is 0 Å². The summed E-state index contributed by atoms with van der Waals surface area (Å²) >= 11 is 13.8. The molecule has 0 radical (unpaired) electrons. The minimum absolute atomic E-state index is 0.733. The molecule has 0 atom stereocenters. The summed E-state index contributed by atoms with van der Waals surface area (Å²) in [5.41, 5.74) is 0.948. The lowest BCUT2D eigenvalue weighted by Crippen LogP contribution is -1.78. The summed E-state index contributed by atoms with van der Waals surface area (Å²) in [6.07, 6.45) is 0.